The van der Waals surface area contributed by atoms with Crippen molar-refractivity contribution in [3.63, 3.8) is 0 Å². The first-order valence-electron chi connectivity index (χ1n) is 9.85. The summed E-state index contributed by atoms with van der Waals surface area (Å²) in [4.78, 5) is 26.7. The molecular formula is C23H28N2O4. The quantitative estimate of drug-likeness (QED) is 0.775. The van der Waals surface area contributed by atoms with Crippen LogP contribution in [0.2, 0.25) is 0 Å². The lowest BCUT2D eigenvalue weighted by atomic mass is 10.0. The fourth-order valence-corrected chi connectivity index (χ4v) is 3.83. The Bertz CT molecular complexity index is 823. The van der Waals surface area contributed by atoms with Gasteiger partial charge in [-0.05, 0) is 43.5 Å². The molecule has 0 aliphatic carbocycles. The molecule has 29 heavy (non-hydrogen) atoms. The number of hydrogen-bond acceptors (Lipinski definition) is 5. The highest BCUT2D eigenvalue weighted by Gasteiger charge is 2.44. The average molecular weight is 396 g/mol. The number of benzene rings is 2. The van der Waals surface area contributed by atoms with Crippen molar-refractivity contribution >= 4 is 11.9 Å². The van der Waals surface area contributed by atoms with E-state index >= 15 is 0 Å². The van der Waals surface area contributed by atoms with Crippen LogP contribution >= 0.6 is 0 Å². The van der Waals surface area contributed by atoms with Crippen LogP contribution in [0, 0.1) is 0 Å². The molecule has 1 N–H and O–H groups in total. The van der Waals surface area contributed by atoms with E-state index < -0.39 is 12.1 Å². The molecule has 6 heteroatoms. The van der Waals surface area contributed by atoms with Gasteiger partial charge in [-0.15, -0.1) is 0 Å². The molecule has 3 atom stereocenters. The number of nitrogens with one attached hydrogen (secondary N) is 1. The molecule has 154 valence electrons. The van der Waals surface area contributed by atoms with E-state index in [0.717, 1.165) is 16.9 Å². The summed E-state index contributed by atoms with van der Waals surface area (Å²) in [5.41, 5.74) is 2.01. The van der Waals surface area contributed by atoms with Gasteiger partial charge in [0.2, 0.25) is 0 Å². The smallest absolute Gasteiger partial charge is 0.411 e. The van der Waals surface area contributed by atoms with Crippen LogP contribution in [0.5, 0.6) is 5.75 Å². The predicted octanol–water partition coefficient (Wildman–Crippen LogP) is 3.54. The number of Topliss-reactive ketones (excluding diaryl/α,β-unsaturated/α-hetero) is 1. The molecule has 2 aromatic carbocycles. The minimum Gasteiger partial charge on any atom is -0.497 e. The molecule has 1 heterocycles. The summed E-state index contributed by atoms with van der Waals surface area (Å²) in [6.45, 7) is 4.28. The van der Waals surface area contributed by atoms with Gasteiger partial charge in [-0.3, -0.25) is 9.69 Å². The predicted molar refractivity (Wildman–Crippen MR) is 111 cm³/mol. The summed E-state index contributed by atoms with van der Waals surface area (Å²) < 4.78 is 10.7. The minimum absolute atomic E-state index is 0.0433. The second-order valence-corrected chi connectivity index (χ2v) is 7.42. The first-order valence-corrected chi connectivity index (χ1v) is 9.85. The molecule has 0 spiro atoms. The van der Waals surface area contributed by atoms with E-state index in [-0.39, 0.29) is 24.5 Å². The van der Waals surface area contributed by atoms with Crippen molar-refractivity contribution in [3.8, 4) is 5.75 Å². The number of rotatable bonds is 7. The van der Waals surface area contributed by atoms with E-state index in [1.807, 2.05) is 61.5 Å². The van der Waals surface area contributed by atoms with E-state index in [1.165, 1.54) is 6.92 Å². The van der Waals surface area contributed by atoms with Gasteiger partial charge in [0.15, 0.2) is 5.78 Å². The second-order valence-electron chi connectivity index (χ2n) is 7.42. The van der Waals surface area contributed by atoms with Crippen LogP contribution in [0.3, 0.4) is 0 Å². The first kappa shape index (κ1) is 20.9. The van der Waals surface area contributed by atoms with E-state index in [9.17, 15) is 9.59 Å². The summed E-state index contributed by atoms with van der Waals surface area (Å²) in [7, 11) is 1.64. The number of carbonyl (C=O) groups excluding carboxylic acids is 2. The van der Waals surface area contributed by atoms with Gasteiger partial charge in [-0.25, -0.2) is 4.79 Å². The van der Waals surface area contributed by atoms with Gasteiger partial charge >= 0.3 is 6.09 Å². The normalized spacial score (nSPS) is 21.1. The maximum atomic E-state index is 12.7. The molecule has 0 saturated carbocycles. The van der Waals surface area contributed by atoms with Crippen molar-refractivity contribution in [2.24, 2.45) is 0 Å². The third-order valence-corrected chi connectivity index (χ3v) is 5.31. The molecule has 0 aromatic heterocycles. The molecule has 3 rings (SSSR count). The molecular weight excluding hydrogens is 368 g/mol. The van der Waals surface area contributed by atoms with Crippen molar-refractivity contribution in [2.75, 3.05) is 7.11 Å². The summed E-state index contributed by atoms with van der Waals surface area (Å²) >= 11 is 0. The fourth-order valence-electron chi connectivity index (χ4n) is 3.83. The largest absolute Gasteiger partial charge is 0.497 e. The van der Waals surface area contributed by atoms with E-state index in [1.54, 1.807) is 12.0 Å². The molecule has 1 amide bonds. The SMILES string of the molecule is COc1ccc(CN[C@H]2C[C@@H](C)N(C(=O)OCc3ccccc3)[C@H]2C(C)=O)cc1. The van der Waals surface area contributed by atoms with Gasteiger partial charge in [0.05, 0.1) is 7.11 Å². The molecule has 1 saturated heterocycles. The summed E-state index contributed by atoms with van der Waals surface area (Å²) in [6.07, 6.45) is 0.246. The lowest BCUT2D eigenvalue weighted by Crippen LogP contribution is -2.50. The van der Waals surface area contributed by atoms with Crippen LogP contribution in [0.4, 0.5) is 4.79 Å². The van der Waals surface area contributed by atoms with Crippen LogP contribution in [0.25, 0.3) is 0 Å². The number of methoxy groups -OCH3 is 1. The minimum atomic E-state index is -0.536. The Balaban J connectivity index is 1.63. The lowest BCUT2D eigenvalue weighted by Gasteiger charge is -2.28. The maximum absolute atomic E-state index is 12.7. The van der Waals surface area contributed by atoms with Crippen LogP contribution in [0.15, 0.2) is 54.6 Å². The number of likely N-dealkylation sites (tertiary alicyclic amines) is 1. The number of ketones is 1. The Hall–Kier alpha value is -2.86. The number of hydrogen-bond donors (Lipinski definition) is 1. The second kappa shape index (κ2) is 9.56. The molecule has 0 unspecified atom stereocenters. The molecule has 1 aliphatic rings. The van der Waals surface area contributed by atoms with Gasteiger partial charge in [0.25, 0.3) is 0 Å². The van der Waals surface area contributed by atoms with Gasteiger partial charge in [-0.1, -0.05) is 42.5 Å². The molecule has 6 nitrogen and oxygen atoms in total. The van der Waals surface area contributed by atoms with Crippen molar-refractivity contribution in [2.45, 2.75) is 51.5 Å². The van der Waals surface area contributed by atoms with Crippen LogP contribution in [-0.4, -0.2) is 42.0 Å². The van der Waals surface area contributed by atoms with E-state index in [2.05, 4.69) is 5.32 Å². The van der Waals surface area contributed by atoms with Crippen LogP contribution < -0.4 is 10.1 Å². The Morgan fingerprint density at radius 2 is 1.76 bits per heavy atom. The zero-order chi connectivity index (χ0) is 20.8. The lowest BCUT2D eigenvalue weighted by molar-refractivity contribution is -0.121. The molecule has 1 aliphatic heterocycles. The Labute approximate surface area is 171 Å². The van der Waals surface area contributed by atoms with Crippen LogP contribution in [0.1, 0.15) is 31.4 Å². The van der Waals surface area contributed by atoms with Crippen LogP contribution in [-0.2, 0) is 22.7 Å². The van der Waals surface area contributed by atoms with Gasteiger partial charge in [0.1, 0.15) is 18.4 Å². The molecule has 2 aromatic rings. The Kier molecular flexibility index (Phi) is 6.88. The summed E-state index contributed by atoms with van der Waals surface area (Å²) in [5, 5.41) is 3.44. The van der Waals surface area contributed by atoms with Crippen molar-refractivity contribution < 1.29 is 19.1 Å². The number of ether oxygens (including phenoxy) is 2. The van der Waals surface area contributed by atoms with E-state index in [0.29, 0.717) is 13.0 Å². The highest BCUT2D eigenvalue weighted by Crippen LogP contribution is 2.27. The fraction of sp³-hybridized carbons (Fsp3) is 0.391. The zero-order valence-corrected chi connectivity index (χ0v) is 17.1. The highest BCUT2D eigenvalue weighted by molar-refractivity contribution is 5.87. The zero-order valence-electron chi connectivity index (χ0n) is 17.1. The molecule has 0 bridgehead atoms. The average Bonchev–Trinajstić information content (AvgIpc) is 3.08. The van der Waals surface area contributed by atoms with Gasteiger partial charge in [0, 0.05) is 18.6 Å². The monoisotopic (exact) mass is 396 g/mol. The third-order valence-electron chi connectivity index (χ3n) is 5.31. The Morgan fingerprint density at radius 1 is 1.07 bits per heavy atom. The van der Waals surface area contributed by atoms with Gasteiger partial charge in [-0.2, -0.15) is 0 Å². The first-order chi connectivity index (χ1) is 14.0. The molecule has 1 fully saturated rings. The number of nitrogens with zero attached hydrogens (tertiary/aromatic N) is 1. The number of amides is 1. The van der Waals surface area contributed by atoms with E-state index in [4.69, 9.17) is 9.47 Å². The standard InChI is InChI=1S/C23H28N2O4/c1-16-13-21(24-14-18-9-11-20(28-3)12-10-18)22(17(2)26)25(16)23(27)29-15-19-7-5-4-6-8-19/h4-12,16,21-22,24H,13-15H2,1-3H3/t16-,21+,22+/m1/s1. The summed E-state index contributed by atoms with van der Waals surface area (Å²) in [6, 6.07) is 16.6. The highest BCUT2D eigenvalue weighted by atomic mass is 16.6. The van der Waals surface area contributed by atoms with Crippen molar-refractivity contribution in [3.05, 3.63) is 65.7 Å². The summed E-state index contributed by atoms with van der Waals surface area (Å²) in [5.74, 6) is 0.760. The van der Waals surface area contributed by atoms with Crippen molar-refractivity contribution in [1.29, 1.82) is 0 Å². The van der Waals surface area contributed by atoms with Crippen molar-refractivity contribution in [1.82, 2.24) is 10.2 Å². The topological polar surface area (TPSA) is 67.9 Å². The maximum Gasteiger partial charge on any atom is 0.411 e. The Morgan fingerprint density at radius 3 is 2.38 bits per heavy atom. The molecule has 0 radical (unpaired) electrons. The van der Waals surface area contributed by atoms with Gasteiger partial charge < -0.3 is 14.8 Å². The third kappa shape index (κ3) is 5.15. The number of carbonyl (C=O) groups is 2.